The average molecular weight is 283 g/mol. The van der Waals surface area contributed by atoms with Crippen molar-refractivity contribution in [3.8, 4) is 0 Å². The van der Waals surface area contributed by atoms with Crippen molar-refractivity contribution in [3.63, 3.8) is 0 Å². The second-order valence-electron chi connectivity index (χ2n) is 4.69. The van der Waals surface area contributed by atoms with Crippen molar-refractivity contribution in [2.24, 2.45) is 5.92 Å². The molecule has 0 radical (unpaired) electrons. The van der Waals surface area contributed by atoms with E-state index in [4.69, 9.17) is 0 Å². The van der Waals surface area contributed by atoms with Gasteiger partial charge in [0.1, 0.15) is 0 Å². The van der Waals surface area contributed by atoms with Crippen LogP contribution in [0.25, 0.3) is 0 Å². The summed E-state index contributed by atoms with van der Waals surface area (Å²) in [5.74, 6) is 0.965. The van der Waals surface area contributed by atoms with E-state index in [-0.39, 0.29) is 0 Å². The molecule has 0 aliphatic heterocycles. The van der Waals surface area contributed by atoms with Crippen molar-refractivity contribution in [3.05, 3.63) is 28.5 Å². The van der Waals surface area contributed by atoms with Crippen molar-refractivity contribution in [2.75, 3.05) is 13.1 Å². The first-order valence-electron chi connectivity index (χ1n) is 6.09. The van der Waals surface area contributed by atoms with Crippen LogP contribution in [0.3, 0.4) is 0 Å². The van der Waals surface area contributed by atoms with Gasteiger partial charge in [-0.1, -0.05) is 6.92 Å². The quantitative estimate of drug-likeness (QED) is 0.794. The van der Waals surface area contributed by atoms with E-state index in [9.17, 15) is 0 Å². The summed E-state index contributed by atoms with van der Waals surface area (Å²) in [5.41, 5.74) is 1.31. The molecule has 0 saturated heterocycles. The summed E-state index contributed by atoms with van der Waals surface area (Å²) < 4.78 is 1.08. The van der Waals surface area contributed by atoms with Gasteiger partial charge in [0.05, 0.1) is 0 Å². The largest absolute Gasteiger partial charge is 0.299 e. The Morgan fingerprint density at radius 2 is 2.25 bits per heavy atom. The van der Waals surface area contributed by atoms with Gasteiger partial charge in [0.25, 0.3) is 0 Å². The molecule has 16 heavy (non-hydrogen) atoms. The molecule has 2 nitrogen and oxygen atoms in total. The van der Waals surface area contributed by atoms with Gasteiger partial charge in [-0.3, -0.25) is 9.88 Å². The minimum atomic E-state index is 0.965. The maximum absolute atomic E-state index is 4.22. The zero-order chi connectivity index (χ0) is 11.4. The molecule has 1 aliphatic rings. The Labute approximate surface area is 106 Å². The van der Waals surface area contributed by atoms with Gasteiger partial charge >= 0.3 is 0 Å². The summed E-state index contributed by atoms with van der Waals surface area (Å²) in [6.45, 7) is 5.75. The monoisotopic (exact) mass is 282 g/mol. The fraction of sp³-hybridized carbons (Fsp3) is 0.615. The van der Waals surface area contributed by atoms with Gasteiger partial charge in [-0.2, -0.15) is 0 Å². The lowest BCUT2D eigenvalue weighted by molar-refractivity contribution is 0.255. The number of nitrogens with zero attached hydrogens (tertiary/aromatic N) is 2. The van der Waals surface area contributed by atoms with Crippen LogP contribution in [0.5, 0.6) is 0 Å². The van der Waals surface area contributed by atoms with Crippen LogP contribution in [-0.2, 0) is 6.54 Å². The number of rotatable bonds is 6. The predicted molar refractivity (Wildman–Crippen MR) is 70.2 cm³/mol. The summed E-state index contributed by atoms with van der Waals surface area (Å²) in [6, 6.07) is 2.17. The molecule has 0 unspecified atom stereocenters. The molecule has 0 aromatic carbocycles. The van der Waals surface area contributed by atoms with Gasteiger partial charge in [0, 0.05) is 30.0 Å². The Hall–Kier alpha value is -0.410. The molecular weight excluding hydrogens is 264 g/mol. The van der Waals surface area contributed by atoms with Gasteiger partial charge in [0.2, 0.25) is 0 Å². The van der Waals surface area contributed by atoms with E-state index >= 15 is 0 Å². The first-order valence-corrected chi connectivity index (χ1v) is 6.89. The fourth-order valence-corrected chi connectivity index (χ4v) is 2.43. The van der Waals surface area contributed by atoms with Crippen LogP contribution >= 0.6 is 15.9 Å². The van der Waals surface area contributed by atoms with Crippen LogP contribution < -0.4 is 0 Å². The van der Waals surface area contributed by atoms with Crippen molar-refractivity contribution in [1.82, 2.24) is 9.88 Å². The van der Waals surface area contributed by atoms with E-state index in [0.29, 0.717) is 0 Å². The summed E-state index contributed by atoms with van der Waals surface area (Å²) in [5, 5.41) is 0. The van der Waals surface area contributed by atoms with E-state index in [0.717, 1.165) is 16.9 Å². The fourth-order valence-electron chi connectivity index (χ4n) is 2.02. The molecule has 0 atom stereocenters. The molecule has 1 heterocycles. The lowest BCUT2D eigenvalue weighted by atomic mass is 10.2. The van der Waals surface area contributed by atoms with Crippen molar-refractivity contribution < 1.29 is 0 Å². The Morgan fingerprint density at radius 3 is 2.88 bits per heavy atom. The third kappa shape index (κ3) is 3.87. The standard InChI is InChI=1S/C13H19BrN2/c1-2-5-16(9-11-3-4-11)10-12-6-13(14)8-15-7-12/h6-8,11H,2-5,9-10H2,1H3. The van der Waals surface area contributed by atoms with Crippen LogP contribution in [0.2, 0.25) is 0 Å². The van der Waals surface area contributed by atoms with Crippen molar-refractivity contribution in [1.29, 1.82) is 0 Å². The third-order valence-electron chi connectivity index (χ3n) is 2.92. The predicted octanol–water partition coefficient (Wildman–Crippen LogP) is 3.47. The molecule has 0 N–H and O–H groups in total. The molecule has 0 amide bonds. The third-order valence-corrected chi connectivity index (χ3v) is 3.35. The SMILES string of the molecule is CCCN(Cc1cncc(Br)c1)CC1CC1. The highest BCUT2D eigenvalue weighted by Gasteiger charge is 2.23. The second kappa shape index (κ2) is 5.78. The molecule has 3 heteroatoms. The highest BCUT2D eigenvalue weighted by molar-refractivity contribution is 9.10. The van der Waals surface area contributed by atoms with Gasteiger partial charge in [-0.15, -0.1) is 0 Å². The van der Waals surface area contributed by atoms with Crippen molar-refractivity contribution in [2.45, 2.75) is 32.7 Å². The van der Waals surface area contributed by atoms with E-state index in [2.05, 4.69) is 38.8 Å². The van der Waals surface area contributed by atoms with Crippen LogP contribution in [0.15, 0.2) is 22.9 Å². The topological polar surface area (TPSA) is 16.1 Å². The van der Waals surface area contributed by atoms with Gasteiger partial charge in [-0.05, 0) is 59.3 Å². The van der Waals surface area contributed by atoms with Crippen LogP contribution in [-0.4, -0.2) is 23.0 Å². The molecule has 1 aromatic rings. The summed E-state index contributed by atoms with van der Waals surface area (Å²) in [6.07, 6.45) is 7.90. The minimum absolute atomic E-state index is 0.965. The van der Waals surface area contributed by atoms with Gasteiger partial charge in [0.15, 0.2) is 0 Å². The highest BCUT2D eigenvalue weighted by atomic mass is 79.9. The van der Waals surface area contributed by atoms with E-state index in [1.165, 1.54) is 37.9 Å². The molecule has 88 valence electrons. The molecule has 0 bridgehead atoms. The number of pyridine rings is 1. The van der Waals surface area contributed by atoms with Crippen molar-refractivity contribution >= 4 is 15.9 Å². The van der Waals surface area contributed by atoms with Crippen LogP contribution in [0, 0.1) is 5.92 Å². The molecular formula is C13H19BrN2. The highest BCUT2D eigenvalue weighted by Crippen LogP contribution is 2.30. The number of halogens is 1. The Kier molecular flexibility index (Phi) is 4.36. The summed E-state index contributed by atoms with van der Waals surface area (Å²) in [7, 11) is 0. The maximum Gasteiger partial charge on any atom is 0.0410 e. The van der Waals surface area contributed by atoms with Crippen LogP contribution in [0.4, 0.5) is 0 Å². The molecule has 1 saturated carbocycles. The molecule has 2 rings (SSSR count). The van der Waals surface area contributed by atoms with E-state index < -0.39 is 0 Å². The average Bonchev–Trinajstić information content (AvgIpc) is 3.02. The lowest BCUT2D eigenvalue weighted by Crippen LogP contribution is -2.26. The molecule has 1 aliphatic carbocycles. The summed E-state index contributed by atoms with van der Waals surface area (Å²) >= 11 is 3.47. The first kappa shape index (κ1) is 12.1. The van der Waals surface area contributed by atoms with E-state index in [1.54, 1.807) is 0 Å². The minimum Gasteiger partial charge on any atom is -0.299 e. The van der Waals surface area contributed by atoms with E-state index in [1.807, 2.05) is 12.4 Å². The zero-order valence-corrected chi connectivity index (χ0v) is 11.4. The Morgan fingerprint density at radius 1 is 1.44 bits per heavy atom. The van der Waals surface area contributed by atoms with Gasteiger partial charge in [-0.25, -0.2) is 0 Å². The molecule has 1 aromatic heterocycles. The lowest BCUT2D eigenvalue weighted by Gasteiger charge is -2.21. The maximum atomic E-state index is 4.22. The molecule has 1 fully saturated rings. The number of aromatic nitrogens is 1. The zero-order valence-electron chi connectivity index (χ0n) is 9.82. The Bertz CT molecular complexity index is 336. The molecule has 0 spiro atoms. The first-order chi connectivity index (χ1) is 7.78. The summed E-state index contributed by atoms with van der Waals surface area (Å²) in [4.78, 5) is 6.78. The number of hydrogen-bond donors (Lipinski definition) is 0. The normalized spacial score (nSPS) is 15.7. The second-order valence-corrected chi connectivity index (χ2v) is 5.61. The van der Waals surface area contributed by atoms with Gasteiger partial charge < -0.3 is 0 Å². The van der Waals surface area contributed by atoms with Crippen LogP contribution in [0.1, 0.15) is 31.7 Å². The Balaban J connectivity index is 1.92. The number of hydrogen-bond acceptors (Lipinski definition) is 2. The smallest absolute Gasteiger partial charge is 0.0410 e.